The topological polar surface area (TPSA) is 67.9 Å². The summed E-state index contributed by atoms with van der Waals surface area (Å²) >= 11 is 0. The maximum absolute atomic E-state index is 5.27. The minimum atomic E-state index is 0.244. The summed E-state index contributed by atoms with van der Waals surface area (Å²) in [5.74, 6) is 3.04. The average Bonchev–Trinajstić information content (AvgIpc) is 3.03. The van der Waals surface area contributed by atoms with E-state index >= 15 is 0 Å². The third-order valence-electron chi connectivity index (χ3n) is 3.50. The van der Waals surface area contributed by atoms with Gasteiger partial charge >= 0.3 is 0 Å². The van der Waals surface area contributed by atoms with Gasteiger partial charge in [-0.05, 0) is 11.1 Å². The summed E-state index contributed by atoms with van der Waals surface area (Å²) in [5, 5.41) is 4.06. The zero-order chi connectivity index (χ0) is 15.0. The smallest absolute Gasteiger partial charge is 0.266 e. The minimum absolute atomic E-state index is 0.244. The fraction of sp³-hybridized carbons (Fsp3) is 0.600. The summed E-state index contributed by atoms with van der Waals surface area (Å²) in [6, 6.07) is 0. The van der Waals surface area contributed by atoms with Gasteiger partial charge in [0.15, 0.2) is 0 Å². The van der Waals surface area contributed by atoms with Gasteiger partial charge in [0.05, 0.1) is 12.2 Å². The van der Waals surface area contributed by atoms with E-state index in [0.717, 1.165) is 36.6 Å². The highest BCUT2D eigenvalue weighted by Crippen LogP contribution is 2.26. The minimum Gasteiger partial charge on any atom is -0.337 e. The number of nitrogens with zero attached hydrogens (tertiary/aromatic N) is 5. The molecule has 0 aliphatic carbocycles. The fourth-order valence-electron chi connectivity index (χ4n) is 2.39. The van der Waals surface area contributed by atoms with E-state index < -0.39 is 0 Å². The van der Waals surface area contributed by atoms with Crippen LogP contribution in [0, 0.1) is 5.92 Å². The van der Waals surface area contributed by atoms with E-state index in [-0.39, 0.29) is 5.92 Å². The molecule has 3 heterocycles. The first-order chi connectivity index (χ1) is 10.0. The molecule has 3 rings (SSSR count). The van der Waals surface area contributed by atoms with Crippen LogP contribution in [-0.2, 0) is 19.5 Å². The first-order valence-electron chi connectivity index (χ1n) is 7.45. The molecule has 0 saturated carbocycles. The maximum Gasteiger partial charge on any atom is 0.266 e. The van der Waals surface area contributed by atoms with Crippen LogP contribution >= 0.6 is 0 Å². The molecular weight excluding hydrogens is 266 g/mol. The Bertz CT molecular complexity index is 635. The lowest BCUT2D eigenvalue weighted by atomic mass is 10.1. The first kappa shape index (κ1) is 14.0. The van der Waals surface area contributed by atoms with E-state index in [0.29, 0.717) is 17.8 Å². The molecule has 0 amide bonds. The maximum atomic E-state index is 5.27. The highest BCUT2D eigenvalue weighted by atomic mass is 16.5. The first-order valence-corrected chi connectivity index (χ1v) is 7.45. The quantitative estimate of drug-likeness (QED) is 0.861. The molecule has 112 valence electrons. The van der Waals surface area contributed by atoms with Gasteiger partial charge in [-0.1, -0.05) is 27.7 Å². The molecule has 1 aliphatic heterocycles. The van der Waals surface area contributed by atoms with Crippen molar-refractivity contribution in [3.8, 4) is 0 Å². The van der Waals surface area contributed by atoms with Crippen molar-refractivity contribution in [2.45, 2.75) is 53.1 Å². The Labute approximate surface area is 124 Å². The van der Waals surface area contributed by atoms with E-state index in [4.69, 9.17) is 4.52 Å². The van der Waals surface area contributed by atoms with Crippen molar-refractivity contribution in [3.63, 3.8) is 0 Å². The van der Waals surface area contributed by atoms with Gasteiger partial charge in [0.1, 0.15) is 5.82 Å². The fourth-order valence-corrected chi connectivity index (χ4v) is 2.39. The predicted molar refractivity (Wildman–Crippen MR) is 78.8 cm³/mol. The number of anilines is 1. The van der Waals surface area contributed by atoms with Crippen LogP contribution in [0.3, 0.4) is 0 Å². The second-order valence-electron chi connectivity index (χ2n) is 6.30. The largest absolute Gasteiger partial charge is 0.337 e. The molecule has 0 fully saturated rings. The van der Waals surface area contributed by atoms with Crippen LogP contribution in [0.4, 0.5) is 5.95 Å². The zero-order valence-corrected chi connectivity index (χ0v) is 13.0. The number of rotatable bonds is 4. The van der Waals surface area contributed by atoms with Gasteiger partial charge in [-0.25, -0.2) is 9.97 Å². The molecule has 6 nitrogen and oxygen atoms in total. The van der Waals surface area contributed by atoms with Gasteiger partial charge in [0.25, 0.3) is 5.95 Å². The van der Waals surface area contributed by atoms with Crippen LogP contribution in [0.15, 0.2) is 10.7 Å². The Hall–Kier alpha value is -1.98. The Kier molecular flexibility index (Phi) is 3.61. The van der Waals surface area contributed by atoms with Gasteiger partial charge in [-0.2, -0.15) is 4.98 Å². The summed E-state index contributed by atoms with van der Waals surface area (Å²) in [7, 11) is 0. The van der Waals surface area contributed by atoms with E-state index in [9.17, 15) is 0 Å². The molecule has 0 unspecified atom stereocenters. The van der Waals surface area contributed by atoms with Crippen molar-refractivity contribution in [2.24, 2.45) is 5.92 Å². The SMILES string of the molecule is CC(C)Cc1ncc2c(n1)CN(c1noc(C(C)C)n1)C2. The molecule has 2 aromatic rings. The molecule has 2 aromatic heterocycles. The van der Waals surface area contributed by atoms with E-state index in [1.54, 1.807) is 0 Å². The van der Waals surface area contributed by atoms with Crippen molar-refractivity contribution >= 4 is 5.95 Å². The molecular formula is C15H21N5O. The molecule has 0 spiro atoms. The Balaban J connectivity index is 1.77. The highest BCUT2D eigenvalue weighted by Gasteiger charge is 2.25. The number of fused-ring (bicyclic) bond motifs is 1. The molecule has 0 atom stereocenters. The average molecular weight is 287 g/mol. The van der Waals surface area contributed by atoms with Crippen molar-refractivity contribution in [3.05, 3.63) is 29.2 Å². The zero-order valence-electron chi connectivity index (χ0n) is 13.0. The standard InChI is InChI=1S/C15H21N5O/c1-9(2)5-13-16-6-11-7-20(8-12(11)17-13)15-18-14(10(3)4)21-19-15/h6,9-10H,5,7-8H2,1-4H3. The Morgan fingerprint density at radius 1 is 1.19 bits per heavy atom. The number of aromatic nitrogens is 4. The van der Waals surface area contributed by atoms with E-state index in [1.165, 1.54) is 0 Å². The summed E-state index contributed by atoms with van der Waals surface area (Å²) in [5.41, 5.74) is 2.23. The number of hydrogen-bond acceptors (Lipinski definition) is 6. The van der Waals surface area contributed by atoms with Crippen LogP contribution < -0.4 is 4.90 Å². The lowest BCUT2D eigenvalue weighted by Gasteiger charge is -2.10. The molecule has 0 radical (unpaired) electrons. The molecule has 6 heteroatoms. The lowest BCUT2D eigenvalue weighted by Crippen LogP contribution is -2.16. The highest BCUT2D eigenvalue weighted by molar-refractivity contribution is 5.39. The molecule has 0 bridgehead atoms. The molecule has 21 heavy (non-hydrogen) atoms. The monoisotopic (exact) mass is 287 g/mol. The van der Waals surface area contributed by atoms with E-state index in [2.05, 4.69) is 38.9 Å². The summed E-state index contributed by atoms with van der Waals surface area (Å²) in [4.78, 5) is 15.6. The number of hydrogen-bond donors (Lipinski definition) is 0. The second-order valence-corrected chi connectivity index (χ2v) is 6.30. The van der Waals surface area contributed by atoms with Crippen LogP contribution in [0.5, 0.6) is 0 Å². The molecule has 0 aromatic carbocycles. The van der Waals surface area contributed by atoms with Crippen LogP contribution in [0.2, 0.25) is 0 Å². The molecule has 1 aliphatic rings. The normalized spacial score (nSPS) is 14.3. The molecule has 0 saturated heterocycles. The Morgan fingerprint density at radius 2 is 2.00 bits per heavy atom. The van der Waals surface area contributed by atoms with Crippen molar-refractivity contribution in [2.75, 3.05) is 4.90 Å². The lowest BCUT2D eigenvalue weighted by molar-refractivity contribution is 0.364. The summed E-state index contributed by atoms with van der Waals surface area (Å²) < 4.78 is 5.27. The third-order valence-corrected chi connectivity index (χ3v) is 3.50. The summed E-state index contributed by atoms with van der Waals surface area (Å²) in [6.45, 7) is 9.90. The van der Waals surface area contributed by atoms with E-state index in [1.807, 2.05) is 20.0 Å². The van der Waals surface area contributed by atoms with Crippen LogP contribution in [-0.4, -0.2) is 20.1 Å². The van der Waals surface area contributed by atoms with Crippen LogP contribution in [0.1, 0.15) is 56.6 Å². The van der Waals surface area contributed by atoms with Crippen molar-refractivity contribution < 1.29 is 4.52 Å². The van der Waals surface area contributed by atoms with Gasteiger partial charge in [-0.15, -0.1) is 0 Å². The molecule has 0 N–H and O–H groups in total. The third kappa shape index (κ3) is 2.89. The Morgan fingerprint density at radius 3 is 2.67 bits per heavy atom. The van der Waals surface area contributed by atoms with Crippen molar-refractivity contribution in [1.82, 2.24) is 20.1 Å². The van der Waals surface area contributed by atoms with Gasteiger partial charge in [-0.3, -0.25) is 0 Å². The van der Waals surface area contributed by atoms with Gasteiger partial charge in [0.2, 0.25) is 5.89 Å². The van der Waals surface area contributed by atoms with Crippen LogP contribution in [0.25, 0.3) is 0 Å². The van der Waals surface area contributed by atoms with Gasteiger partial charge in [0, 0.05) is 30.6 Å². The predicted octanol–water partition coefficient (Wildman–Crippen LogP) is 2.70. The second kappa shape index (κ2) is 5.42. The summed E-state index contributed by atoms with van der Waals surface area (Å²) in [6.07, 6.45) is 2.84. The van der Waals surface area contributed by atoms with Crippen molar-refractivity contribution in [1.29, 1.82) is 0 Å². The van der Waals surface area contributed by atoms with Gasteiger partial charge < -0.3 is 9.42 Å².